The van der Waals surface area contributed by atoms with Gasteiger partial charge in [-0.05, 0) is 49.3 Å². The van der Waals surface area contributed by atoms with Crippen LogP contribution >= 0.6 is 11.6 Å². The first-order valence-electron chi connectivity index (χ1n) is 9.54. The maximum atomic E-state index is 11.1. The summed E-state index contributed by atoms with van der Waals surface area (Å²) in [7, 11) is 1.71. The lowest BCUT2D eigenvalue weighted by molar-refractivity contribution is -0.124. The van der Waals surface area contributed by atoms with E-state index in [1.807, 2.05) is 24.3 Å². The normalized spacial score (nSPS) is 18.7. The second-order valence-electron chi connectivity index (χ2n) is 7.18. The molecule has 144 valence electrons. The number of nitrogens with two attached hydrogens (primary N) is 1. The van der Waals surface area contributed by atoms with Crippen LogP contribution in [-0.2, 0) is 4.79 Å². The molecule has 2 fully saturated rings. The molecule has 2 aliphatic carbocycles. The van der Waals surface area contributed by atoms with Gasteiger partial charge in [-0.3, -0.25) is 4.79 Å². The number of primary amides is 1. The molecule has 3 rings (SSSR count). The Labute approximate surface area is 161 Å². The summed E-state index contributed by atoms with van der Waals surface area (Å²) in [5.74, 6) is 1.03. The van der Waals surface area contributed by atoms with Crippen molar-refractivity contribution in [2.45, 2.75) is 57.4 Å². The number of amides is 3. The fraction of sp³-hybridized carbons (Fsp3) is 0.600. The molecular weight excluding hydrogens is 350 g/mol. The van der Waals surface area contributed by atoms with Gasteiger partial charge >= 0.3 is 6.03 Å². The molecule has 5 nitrogen and oxygen atoms in total. The van der Waals surface area contributed by atoms with Gasteiger partial charge in [0.05, 0.1) is 6.04 Å². The average Bonchev–Trinajstić information content (AvgIpc) is 3.33. The summed E-state index contributed by atoms with van der Waals surface area (Å²) in [5.41, 5.74) is 6.30. The Kier molecular flexibility index (Phi) is 8.23. The minimum absolute atomic E-state index is 0.00583. The molecule has 0 saturated heterocycles. The summed E-state index contributed by atoms with van der Waals surface area (Å²) in [5, 5.41) is 6.20. The second-order valence-corrected chi connectivity index (χ2v) is 7.62. The Morgan fingerprint density at radius 3 is 2.27 bits per heavy atom. The van der Waals surface area contributed by atoms with Gasteiger partial charge in [-0.15, -0.1) is 0 Å². The van der Waals surface area contributed by atoms with Crippen LogP contribution in [0.5, 0.6) is 0 Å². The quantitative estimate of drug-likeness (QED) is 0.733. The van der Waals surface area contributed by atoms with Gasteiger partial charge < -0.3 is 16.4 Å². The molecule has 0 heterocycles. The van der Waals surface area contributed by atoms with E-state index in [1.165, 1.54) is 25.7 Å². The van der Waals surface area contributed by atoms with Gasteiger partial charge in [0.1, 0.15) is 0 Å². The van der Waals surface area contributed by atoms with Crippen LogP contribution in [0.15, 0.2) is 24.3 Å². The Morgan fingerprint density at radius 1 is 1.12 bits per heavy atom. The van der Waals surface area contributed by atoms with Crippen molar-refractivity contribution in [2.24, 2.45) is 17.6 Å². The van der Waals surface area contributed by atoms with Gasteiger partial charge in [0.25, 0.3) is 0 Å². The molecule has 1 atom stereocenters. The van der Waals surface area contributed by atoms with Crippen molar-refractivity contribution >= 4 is 23.5 Å². The lowest BCUT2D eigenvalue weighted by atomic mass is 9.92. The van der Waals surface area contributed by atoms with Crippen molar-refractivity contribution in [3.63, 3.8) is 0 Å². The molecular formula is C20H30ClN3O2. The van der Waals surface area contributed by atoms with E-state index in [0.29, 0.717) is 16.9 Å². The molecule has 4 N–H and O–H groups in total. The van der Waals surface area contributed by atoms with Crippen molar-refractivity contribution in [3.8, 4) is 0 Å². The number of carbonyl (C=O) groups excluding carboxylic acids is 2. The van der Waals surface area contributed by atoms with Crippen LogP contribution in [-0.4, -0.2) is 19.0 Å². The molecule has 1 aromatic rings. The molecule has 0 radical (unpaired) electrons. The third-order valence-electron chi connectivity index (χ3n) is 5.35. The van der Waals surface area contributed by atoms with Crippen molar-refractivity contribution < 1.29 is 9.59 Å². The summed E-state index contributed by atoms with van der Waals surface area (Å²) in [4.78, 5) is 22.0. The second kappa shape index (κ2) is 10.4. The number of hydrogen-bond donors (Lipinski definition) is 3. The molecule has 0 bridgehead atoms. The van der Waals surface area contributed by atoms with E-state index in [4.69, 9.17) is 17.3 Å². The zero-order valence-electron chi connectivity index (χ0n) is 15.5. The standard InChI is InChI=1S/C13H17ClN2O.C7H13NO/c14-11-7-3-6-10(8-11)12(16-13(15)17)9-4-1-2-5-9;1-8-7(9)6-4-2-3-5-6/h3,6-9,12H,1-2,4-5H2,(H3,15,16,17);6H,2-5H2,1H3,(H,8,9). The van der Waals surface area contributed by atoms with Crippen LogP contribution in [0.4, 0.5) is 4.79 Å². The minimum atomic E-state index is -0.470. The number of halogens is 1. The van der Waals surface area contributed by atoms with Gasteiger partial charge in [0.15, 0.2) is 0 Å². The van der Waals surface area contributed by atoms with Crippen molar-refractivity contribution in [1.29, 1.82) is 0 Å². The average molecular weight is 380 g/mol. The first-order valence-corrected chi connectivity index (χ1v) is 9.92. The highest BCUT2D eigenvalue weighted by Crippen LogP contribution is 2.36. The Balaban J connectivity index is 0.000000228. The van der Waals surface area contributed by atoms with E-state index >= 15 is 0 Å². The number of benzene rings is 1. The van der Waals surface area contributed by atoms with Gasteiger partial charge in [0.2, 0.25) is 5.91 Å². The van der Waals surface area contributed by atoms with Gasteiger partial charge in [-0.1, -0.05) is 49.4 Å². The summed E-state index contributed by atoms with van der Waals surface area (Å²) in [6, 6.07) is 7.16. The monoisotopic (exact) mass is 379 g/mol. The maximum absolute atomic E-state index is 11.1. The molecule has 1 aromatic carbocycles. The van der Waals surface area contributed by atoms with Crippen LogP contribution in [0, 0.1) is 11.8 Å². The smallest absolute Gasteiger partial charge is 0.312 e. The zero-order valence-corrected chi connectivity index (χ0v) is 16.2. The predicted molar refractivity (Wildman–Crippen MR) is 105 cm³/mol. The van der Waals surface area contributed by atoms with Crippen LogP contribution in [0.3, 0.4) is 0 Å². The predicted octanol–water partition coefficient (Wildman–Crippen LogP) is 4.16. The summed E-state index contributed by atoms with van der Waals surface area (Å²) in [6.45, 7) is 0. The molecule has 6 heteroatoms. The molecule has 2 saturated carbocycles. The lowest BCUT2D eigenvalue weighted by Gasteiger charge is -2.24. The summed E-state index contributed by atoms with van der Waals surface area (Å²) < 4.78 is 0. The molecule has 2 aliphatic rings. The Hall–Kier alpha value is -1.75. The minimum Gasteiger partial charge on any atom is -0.359 e. The van der Waals surface area contributed by atoms with Crippen LogP contribution in [0.25, 0.3) is 0 Å². The van der Waals surface area contributed by atoms with E-state index in [-0.39, 0.29) is 11.9 Å². The summed E-state index contributed by atoms with van der Waals surface area (Å²) >= 11 is 5.99. The van der Waals surface area contributed by atoms with Crippen molar-refractivity contribution in [1.82, 2.24) is 10.6 Å². The van der Waals surface area contributed by atoms with Crippen LogP contribution in [0.1, 0.15) is 63.0 Å². The van der Waals surface area contributed by atoms with Crippen molar-refractivity contribution in [3.05, 3.63) is 34.9 Å². The lowest BCUT2D eigenvalue weighted by Crippen LogP contribution is -2.36. The van der Waals surface area contributed by atoms with Crippen LogP contribution < -0.4 is 16.4 Å². The van der Waals surface area contributed by atoms with E-state index < -0.39 is 6.03 Å². The zero-order chi connectivity index (χ0) is 18.9. The topological polar surface area (TPSA) is 84.2 Å². The molecule has 26 heavy (non-hydrogen) atoms. The maximum Gasteiger partial charge on any atom is 0.312 e. The van der Waals surface area contributed by atoms with Gasteiger partial charge in [-0.25, -0.2) is 4.79 Å². The third kappa shape index (κ3) is 6.20. The number of nitrogens with one attached hydrogen (secondary N) is 2. The number of hydrogen-bond acceptors (Lipinski definition) is 2. The highest BCUT2D eigenvalue weighted by molar-refractivity contribution is 6.30. The fourth-order valence-corrected chi connectivity index (χ4v) is 4.21. The SMILES string of the molecule is CNC(=O)C1CCCC1.NC(=O)NC(c1cccc(Cl)c1)C1CCCC1. The first kappa shape index (κ1) is 20.6. The van der Waals surface area contributed by atoms with Crippen LogP contribution in [0.2, 0.25) is 5.02 Å². The first-order chi connectivity index (χ1) is 12.5. The highest BCUT2D eigenvalue weighted by atomic mass is 35.5. The number of urea groups is 1. The Morgan fingerprint density at radius 2 is 1.73 bits per heavy atom. The number of carbonyl (C=O) groups is 2. The van der Waals surface area contributed by atoms with Gasteiger partial charge in [-0.2, -0.15) is 0 Å². The van der Waals surface area contributed by atoms with Gasteiger partial charge in [0, 0.05) is 18.0 Å². The largest absolute Gasteiger partial charge is 0.359 e. The highest BCUT2D eigenvalue weighted by Gasteiger charge is 2.27. The molecule has 0 aliphatic heterocycles. The van der Waals surface area contributed by atoms with E-state index in [2.05, 4.69) is 10.6 Å². The van der Waals surface area contributed by atoms with E-state index in [0.717, 1.165) is 31.2 Å². The van der Waals surface area contributed by atoms with E-state index in [9.17, 15) is 9.59 Å². The molecule has 0 aromatic heterocycles. The molecule has 1 unspecified atom stereocenters. The molecule has 3 amide bonds. The fourth-order valence-electron chi connectivity index (χ4n) is 4.01. The third-order valence-corrected chi connectivity index (χ3v) is 5.58. The van der Waals surface area contributed by atoms with E-state index in [1.54, 1.807) is 7.05 Å². The summed E-state index contributed by atoms with van der Waals surface area (Å²) in [6.07, 6.45) is 9.38. The number of rotatable bonds is 4. The Bertz CT molecular complexity index is 596. The van der Waals surface area contributed by atoms with Crippen molar-refractivity contribution in [2.75, 3.05) is 7.05 Å². The molecule has 0 spiro atoms.